The molecular formula is C16H19F3O. The summed E-state index contributed by atoms with van der Waals surface area (Å²) in [6.45, 7) is 3.99. The Labute approximate surface area is 117 Å². The molecule has 0 aromatic heterocycles. The van der Waals surface area contributed by atoms with Gasteiger partial charge in [0.15, 0.2) is 0 Å². The molecule has 0 saturated heterocycles. The molecule has 110 valence electrons. The van der Waals surface area contributed by atoms with Crippen molar-refractivity contribution in [3.05, 3.63) is 41.5 Å². The van der Waals surface area contributed by atoms with Crippen molar-refractivity contribution in [2.45, 2.75) is 39.3 Å². The largest absolute Gasteiger partial charge is 0.416 e. The fourth-order valence-electron chi connectivity index (χ4n) is 1.80. The number of halogens is 3. The first kappa shape index (κ1) is 16.5. The molecule has 1 rings (SSSR count). The van der Waals surface area contributed by atoms with Crippen molar-refractivity contribution < 1.29 is 18.0 Å². The van der Waals surface area contributed by atoms with Crippen LogP contribution in [-0.2, 0) is 11.0 Å². The number of hydrogen-bond donors (Lipinski definition) is 0. The highest BCUT2D eigenvalue weighted by molar-refractivity contribution is 5.78. The van der Waals surface area contributed by atoms with Gasteiger partial charge in [-0.15, -0.1) is 0 Å². The molecule has 0 spiro atoms. The van der Waals surface area contributed by atoms with Gasteiger partial charge in [-0.3, -0.25) is 4.79 Å². The molecule has 1 aromatic carbocycles. The maximum atomic E-state index is 12.4. The molecule has 0 fully saturated rings. The molecule has 0 atom stereocenters. The third-order valence-electron chi connectivity index (χ3n) is 2.77. The van der Waals surface area contributed by atoms with E-state index in [1.165, 1.54) is 12.1 Å². The van der Waals surface area contributed by atoms with Gasteiger partial charge in [0, 0.05) is 12.8 Å². The van der Waals surface area contributed by atoms with Gasteiger partial charge >= 0.3 is 6.18 Å². The lowest BCUT2D eigenvalue weighted by Gasteiger charge is -2.05. The van der Waals surface area contributed by atoms with E-state index >= 15 is 0 Å². The van der Waals surface area contributed by atoms with Crippen molar-refractivity contribution in [3.63, 3.8) is 0 Å². The van der Waals surface area contributed by atoms with Gasteiger partial charge in [-0.2, -0.15) is 13.2 Å². The maximum absolute atomic E-state index is 12.4. The molecule has 0 unspecified atom stereocenters. The zero-order valence-electron chi connectivity index (χ0n) is 11.7. The molecule has 0 aliphatic heterocycles. The zero-order chi connectivity index (χ0) is 15.2. The van der Waals surface area contributed by atoms with E-state index in [1.54, 1.807) is 6.08 Å². The van der Waals surface area contributed by atoms with E-state index in [-0.39, 0.29) is 5.78 Å². The number of rotatable bonds is 6. The number of ketones is 1. The Bertz CT molecular complexity index is 456. The number of benzene rings is 1. The van der Waals surface area contributed by atoms with E-state index in [0.717, 1.165) is 12.1 Å². The third kappa shape index (κ3) is 6.04. The van der Waals surface area contributed by atoms with Gasteiger partial charge in [0.25, 0.3) is 0 Å². The molecule has 20 heavy (non-hydrogen) atoms. The van der Waals surface area contributed by atoms with Crippen LogP contribution in [0.4, 0.5) is 13.2 Å². The van der Waals surface area contributed by atoms with Crippen LogP contribution < -0.4 is 0 Å². The van der Waals surface area contributed by atoms with Crippen LogP contribution in [0.25, 0.3) is 6.08 Å². The molecule has 4 heteroatoms. The first-order valence-electron chi connectivity index (χ1n) is 6.64. The Hall–Kier alpha value is -1.58. The summed E-state index contributed by atoms with van der Waals surface area (Å²) in [5.41, 5.74) is 0.0519. The third-order valence-corrected chi connectivity index (χ3v) is 2.77. The molecule has 1 nitrogen and oxygen atoms in total. The minimum absolute atomic E-state index is 0.220. The smallest absolute Gasteiger partial charge is 0.300 e. The van der Waals surface area contributed by atoms with E-state index < -0.39 is 11.7 Å². The topological polar surface area (TPSA) is 17.1 Å². The average Bonchev–Trinajstić information content (AvgIpc) is 2.33. The summed E-state index contributed by atoms with van der Waals surface area (Å²) in [5.74, 6) is 0.582. The fourth-order valence-corrected chi connectivity index (χ4v) is 1.80. The van der Waals surface area contributed by atoms with E-state index in [9.17, 15) is 18.0 Å². The van der Waals surface area contributed by atoms with Crippen LogP contribution in [0.15, 0.2) is 30.3 Å². The minimum atomic E-state index is -4.30. The van der Waals surface area contributed by atoms with Gasteiger partial charge in [0.2, 0.25) is 0 Å². The first-order valence-corrected chi connectivity index (χ1v) is 6.64. The second-order valence-corrected chi connectivity index (χ2v) is 5.20. The molecule has 1 aromatic rings. The standard InChI is InChI=1S/C16H19F3O/c1-12(2)11-15(20)6-4-3-5-13-7-9-14(10-8-13)16(17,18)19/h3,5,7-10,12H,4,6,11H2,1-2H3/b5-3+. The second kappa shape index (κ2) is 7.27. The summed E-state index contributed by atoms with van der Waals surface area (Å²) < 4.78 is 37.1. The minimum Gasteiger partial charge on any atom is -0.300 e. The summed E-state index contributed by atoms with van der Waals surface area (Å²) in [4.78, 5) is 11.5. The normalized spacial score (nSPS) is 12.3. The monoisotopic (exact) mass is 284 g/mol. The van der Waals surface area contributed by atoms with Crippen LogP contribution in [0.5, 0.6) is 0 Å². The maximum Gasteiger partial charge on any atom is 0.416 e. The summed E-state index contributed by atoms with van der Waals surface area (Å²) in [7, 11) is 0. The van der Waals surface area contributed by atoms with Gasteiger partial charge in [-0.05, 0) is 30.0 Å². The highest BCUT2D eigenvalue weighted by Gasteiger charge is 2.29. The lowest BCUT2D eigenvalue weighted by atomic mass is 10.0. The van der Waals surface area contributed by atoms with Gasteiger partial charge in [0.1, 0.15) is 5.78 Å². The Balaban J connectivity index is 2.45. The van der Waals surface area contributed by atoms with Crippen LogP contribution in [0.3, 0.4) is 0 Å². The highest BCUT2D eigenvalue weighted by Crippen LogP contribution is 2.29. The van der Waals surface area contributed by atoms with Crippen molar-refractivity contribution in [2.75, 3.05) is 0 Å². The molecule has 0 aliphatic carbocycles. The zero-order valence-corrected chi connectivity index (χ0v) is 11.7. The van der Waals surface area contributed by atoms with Crippen LogP contribution >= 0.6 is 0 Å². The summed E-state index contributed by atoms with van der Waals surface area (Å²) in [6.07, 6.45) is 0.936. The quantitative estimate of drug-likeness (QED) is 0.709. The van der Waals surface area contributed by atoms with Gasteiger partial charge in [-0.1, -0.05) is 38.1 Å². The van der Waals surface area contributed by atoms with Crippen LogP contribution in [0, 0.1) is 5.92 Å². The van der Waals surface area contributed by atoms with Crippen molar-refractivity contribution >= 4 is 11.9 Å². The number of hydrogen-bond acceptors (Lipinski definition) is 1. The van der Waals surface area contributed by atoms with Gasteiger partial charge < -0.3 is 0 Å². The van der Waals surface area contributed by atoms with Crippen LogP contribution in [-0.4, -0.2) is 5.78 Å². The number of carbonyl (C=O) groups is 1. The number of carbonyl (C=O) groups excluding carboxylic acids is 1. The lowest BCUT2D eigenvalue weighted by molar-refractivity contribution is -0.137. The number of alkyl halides is 3. The Morgan fingerprint density at radius 1 is 1.20 bits per heavy atom. The summed E-state index contributed by atoms with van der Waals surface area (Å²) in [6, 6.07) is 4.97. The molecule has 0 saturated carbocycles. The second-order valence-electron chi connectivity index (χ2n) is 5.20. The number of Topliss-reactive ketones (excluding diaryl/α,β-unsaturated/α-hetero) is 1. The van der Waals surface area contributed by atoms with E-state index in [1.807, 2.05) is 19.9 Å². The SMILES string of the molecule is CC(C)CC(=O)CC/C=C/c1ccc(C(F)(F)F)cc1. The summed E-state index contributed by atoms with van der Waals surface area (Å²) in [5, 5.41) is 0. The van der Waals surface area contributed by atoms with Gasteiger partial charge in [-0.25, -0.2) is 0 Å². The van der Waals surface area contributed by atoms with Crippen molar-refractivity contribution in [2.24, 2.45) is 5.92 Å². The van der Waals surface area contributed by atoms with Crippen molar-refractivity contribution in [3.8, 4) is 0 Å². The Morgan fingerprint density at radius 3 is 2.30 bits per heavy atom. The fraction of sp³-hybridized carbons (Fsp3) is 0.438. The summed E-state index contributed by atoms with van der Waals surface area (Å²) >= 11 is 0. The van der Waals surface area contributed by atoms with Crippen LogP contribution in [0.1, 0.15) is 44.2 Å². The Morgan fingerprint density at radius 2 is 1.80 bits per heavy atom. The number of allylic oxidation sites excluding steroid dienone is 1. The lowest BCUT2D eigenvalue weighted by Crippen LogP contribution is -2.03. The molecule has 0 aliphatic rings. The predicted molar refractivity (Wildman–Crippen MR) is 74.2 cm³/mol. The average molecular weight is 284 g/mol. The molecule has 0 radical (unpaired) electrons. The molecule has 0 amide bonds. The Kier molecular flexibility index (Phi) is 5.99. The molecular weight excluding hydrogens is 265 g/mol. The highest BCUT2D eigenvalue weighted by atomic mass is 19.4. The van der Waals surface area contributed by atoms with Crippen LogP contribution in [0.2, 0.25) is 0 Å². The van der Waals surface area contributed by atoms with Crippen molar-refractivity contribution in [1.82, 2.24) is 0 Å². The van der Waals surface area contributed by atoms with Crippen molar-refractivity contribution in [1.29, 1.82) is 0 Å². The molecule has 0 bridgehead atoms. The van der Waals surface area contributed by atoms with E-state index in [4.69, 9.17) is 0 Å². The van der Waals surface area contributed by atoms with Gasteiger partial charge in [0.05, 0.1) is 5.56 Å². The first-order chi connectivity index (χ1) is 9.29. The predicted octanol–water partition coefficient (Wildman–Crippen LogP) is 5.11. The molecule has 0 N–H and O–H groups in total. The van der Waals surface area contributed by atoms with E-state index in [2.05, 4.69) is 0 Å². The van der Waals surface area contributed by atoms with E-state index in [0.29, 0.717) is 30.7 Å². The molecule has 0 heterocycles.